The third kappa shape index (κ3) is 2.73. The minimum Gasteiger partial charge on any atom is -0.493 e. The zero-order valence-electron chi connectivity index (χ0n) is 9.14. The van der Waals surface area contributed by atoms with Gasteiger partial charge in [0.1, 0.15) is 5.75 Å². The third-order valence-corrected chi connectivity index (χ3v) is 3.00. The van der Waals surface area contributed by atoms with Gasteiger partial charge in [0.25, 0.3) is 0 Å². The number of aryl methyl sites for hydroxylation is 1. The molecular formula is C12H14N2OS. The summed E-state index contributed by atoms with van der Waals surface area (Å²) in [6, 6.07) is 7.99. The Morgan fingerprint density at radius 1 is 1.38 bits per heavy atom. The fourth-order valence-corrected chi connectivity index (χ4v) is 2.02. The summed E-state index contributed by atoms with van der Waals surface area (Å²) >= 11 is 1.46. The molecular weight excluding hydrogens is 220 g/mol. The quantitative estimate of drug-likeness (QED) is 0.884. The van der Waals surface area contributed by atoms with Crippen LogP contribution in [0.25, 0.3) is 0 Å². The zero-order chi connectivity index (χ0) is 11.4. The van der Waals surface area contributed by atoms with E-state index in [-0.39, 0.29) is 0 Å². The van der Waals surface area contributed by atoms with Gasteiger partial charge in [0.2, 0.25) is 0 Å². The van der Waals surface area contributed by atoms with Crippen molar-refractivity contribution < 1.29 is 4.74 Å². The van der Waals surface area contributed by atoms with Crippen LogP contribution in [0.15, 0.2) is 29.6 Å². The second kappa shape index (κ2) is 4.99. The van der Waals surface area contributed by atoms with Crippen molar-refractivity contribution >= 4 is 16.5 Å². The first kappa shape index (κ1) is 11.0. The second-order valence-corrected chi connectivity index (χ2v) is 4.43. The number of hydrogen-bond acceptors (Lipinski definition) is 4. The largest absolute Gasteiger partial charge is 0.493 e. The molecule has 2 aromatic rings. The first-order valence-electron chi connectivity index (χ1n) is 5.14. The molecule has 0 unspecified atom stereocenters. The van der Waals surface area contributed by atoms with Gasteiger partial charge in [-0.1, -0.05) is 18.2 Å². The van der Waals surface area contributed by atoms with Crippen LogP contribution in [0.2, 0.25) is 0 Å². The lowest BCUT2D eigenvalue weighted by molar-refractivity contribution is 0.318. The highest BCUT2D eigenvalue weighted by molar-refractivity contribution is 7.13. The van der Waals surface area contributed by atoms with Gasteiger partial charge in [-0.15, -0.1) is 11.3 Å². The molecule has 0 atom stereocenters. The van der Waals surface area contributed by atoms with Gasteiger partial charge >= 0.3 is 0 Å². The standard InChI is InChI=1S/C12H14N2OS/c1-9-4-2-3-5-11(9)15-7-6-10-8-16-12(13)14-10/h2-5,8H,6-7H2,1H3,(H2,13,14). The average molecular weight is 234 g/mol. The van der Waals surface area contributed by atoms with Crippen molar-refractivity contribution in [3.63, 3.8) is 0 Å². The maximum absolute atomic E-state index is 5.67. The summed E-state index contributed by atoms with van der Waals surface area (Å²) in [7, 11) is 0. The Balaban J connectivity index is 1.87. The Morgan fingerprint density at radius 3 is 2.88 bits per heavy atom. The predicted octanol–water partition coefficient (Wildman–Crippen LogP) is 2.66. The second-order valence-electron chi connectivity index (χ2n) is 3.54. The fraction of sp³-hybridized carbons (Fsp3) is 0.250. The first-order valence-corrected chi connectivity index (χ1v) is 6.02. The van der Waals surface area contributed by atoms with E-state index >= 15 is 0 Å². The molecule has 16 heavy (non-hydrogen) atoms. The van der Waals surface area contributed by atoms with Gasteiger partial charge in [-0.2, -0.15) is 0 Å². The van der Waals surface area contributed by atoms with E-state index in [0.717, 1.165) is 23.4 Å². The van der Waals surface area contributed by atoms with E-state index in [1.54, 1.807) is 0 Å². The highest BCUT2D eigenvalue weighted by atomic mass is 32.1. The molecule has 0 bridgehead atoms. The summed E-state index contributed by atoms with van der Waals surface area (Å²) in [6.45, 7) is 2.67. The highest BCUT2D eigenvalue weighted by Crippen LogP contribution is 2.17. The van der Waals surface area contributed by atoms with Crippen molar-refractivity contribution in [3.8, 4) is 5.75 Å². The number of nitrogens with zero attached hydrogens (tertiary/aromatic N) is 1. The molecule has 2 N–H and O–H groups in total. The van der Waals surface area contributed by atoms with Crippen LogP contribution in [0.5, 0.6) is 5.75 Å². The number of anilines is 1. The van der Waals surface area contributed by atoms with Gasteiger partial charge in [-0.25, -0.2) is 4.98 Å². The topological polar surface area (TPSA) is 48.1 Å². The van der Waals surface area contributed by atoms with Gasteiger partial charge in [0.05, 0.1) is 12.3 Å². The fourth-order valence-electron chi connectivity index (χ4n) is 1.42. The van der Waals surface area contributed by atoms with Crippen LogP contribution >= 0.6 is 11.3 Å². The molecule has 3 nitrogen and oxygen atoms in total. The number of aromatic nitrogens is 1. The summed E-state index contributed by atoms with van der Waals surface area (Å²) in [4.78, 5) is 4.18. The van der Waals surface area contributed by atoms with E-state index in [1.165, 1.54) is 11.3 Å². The molecule has 0 amide bonds. The van der Waals surface area contributed by atoms with E-state index in [2.05, 4.69) is 4.98 Å². The summed E-state index contributed by atoms with van der Waals surface area (Å²) in [5.74, 6) is 0.936. The van der Waals surface area contributed by atoms with Crippen molar-refractivity contribution in [2.45, 2.75) is 13.3 Å². The van der Waals surface area contributed by atoms with Crippen LogP contribution < -0.4 is 10.5 Å². The van der Waals surface area contributed by atoms with Crippen molar-refractivity contribution in [2.24, 2.45) is 0 Å². The Hall–Kier alpha value is -1.55. The summed E-state index contributed by atoms with van der Waals surface area (Å²) < 4.78 is 5.67. The van der Waals surface area contributed by atoms with Gasteiger partial charge in [0.15, 0.2) is 5.13 Å². The van der Waals surface area contributed by atoms with E-state index in [4.69, 9.17) is 10.5 Å². The SMILES string of the molecule is Cc1ccccc1OCCc1csc(N)n1. The highest BCUT2D eigenvalue weighted by Gasteiger charge is 2.01. The van der Waals surface area contributed by atoms with Crippen molar-refractivity contribution in [1.29, 1.82) is 0 Å². The molecule has 0 fully saturated rings. The molecule has 0 aliphatic rings. The first-order chi connectivity index (χ1) is 7.75. The van der Waals surface area contributed by atoms with Crippen LogP contribution in [-0.4, -0.2) is 11.6 Å². The van der Waals surface area contributed by atoms with Crippen LogP contribution in [-0.2, 0) is 6.42 Å². The third-order valence-electron chi connectivity index (χ3n) is 2.28. The molecule has 84 valence electrons. The number of rotatable bonds is 4. The summed E-state index contributed by atoms with van der Waals surface area (Å²) in [6.07, 6.45) is 0.794. The number of ether oxygens (including phenoxy) is 1. The van der Waals surface area contributed by atoms with E-state index in [9.17, 15) is 0 Å². The zero-order valence-corrected chi connectivity index (χ0v) is 9.96. The lowest BCUT2D eigenvalue weighted by Gasteiger charge is -2.07. The van der Waals surface area contributed by atoms with E-state index in [0.29, 0.717) is 11.7 Å². The minimum absolute atomic E-state index is 0.617. The van der Waals surface area contributed by atoms with Crippen LogP contribution in [0.3, 0.4) is 0 Å². The minimum atomic E-state index is 0.617. The number of thiazole rings is 1. The monoisotopic (exact) mass is 234 g/mol. The molecule has 0 saturated carbocycles. The summed E-state index contributed by atoms with van der Waals surface area (Å²) in [5.41, 5.74) is 7.70. The van der Waals surface area contributed by atoms with E-state index in [1.807, 2.05) is 36.6 Å². The van der Waals surface area contributed by atoms with E-state index < -0.39 is 0 Å². The van der Waals surface area contributed by atoms with Crippen LogP contribution in [0.1, 0.15) is 11.3 Å². The Morgan fingerprint density at radius 2 is 2.19 bits per heavy atom. The Kier molecular flexibility index (Phi) is 3.41. The number of benzene rings is 1. The lowest BCUT2D eigenvalue weighted by atomic mass is 10.2. The molecule has 2 rings (SSSR count). The molecule has 4 heteroatoms. The molecule has 0 aliphatic heterocycles. The average Bonchev–Trinajstić information content (AvgIpc) is 2.67. The normalized spacial score (nSPS) is 10.3. The molecule has 0 radical (unpaired) electrons. The van der Waals surface area contributed by atoms with Gasteiger partial charge in [-0.05, 0) is 18.6 Å². The maximum Gasteiger partial charge on any atom is 0.180 e. The molecule has 0 saturated heterocycles. The predicted molar refractivity (Wildman–Crippen MR) is 66.9 cm³/mol. The molecule has 0 spiro atoms. The van der Waals surface area contributed by atoms with Crippen LogP contribution in [0.4, 0.5) is 5.13 Å². The lowest BCUT2D eigenvalue weighted by Crippen LogP contribution is -2.02. The molecule has 1 aromatic carbocycles. The number of nitrogens with two attached hydrogens (primary N) is 1. The van der Waals surface area contributed by atoms with Gasteiger partial charge in [-0.3, -0.25) is 0 Å². The summed E-state index contributed by atoms with van der Waals surface area (Å²) in [5, 5.41) is 2.59. The molecule has 1 heterocycles. The van der Waals surface area contributed by atoms with Crippen molar-refractivity contribution in [1.82, 2.24) is 4.98 Å². The molecule has 0 aliphatic carbocycles. The van der Waals surface area contributed by atoms with Gasteiger partial charge in [0, 0.05) is 11.8 Å². The van der Waals surface area contributed by atoms with Gasteiger partial charge < -0.3 is 10.5 Å². The van der Waals surface area contributed by atoms with Crippen molar-refractivity contribution in [3.05, 3.63) is 40.9 Å². The van der Waals surface area contributed by atoms with Crippen LogP contribution in [0, 0.1) is 6.92 Å². The number of hydrogen-bond donors (Lipinski definition) is 1. The Labute approximate surface area is 98.9 Å². The smallest absolute Gasteiger partial charge is 0.180 e. The number of para-hydroxylation sites is 1. The molecule has 1 aromatic heterocycles. The van der Waals surface area contributed by atoms with Crippen molar-refractivity contribution in [2.75, 3.05) is 12.3 Å². The maximum atomic E-state index is 5.67. The Bertz CT molecular complexity index is 468. The number of nitrogen functional groups attached to an aromatic ring is 1.